The predicted molar refractivity (Wildman–Crippen MR) is 254 cm³/mol. The van der Waals surface area contributed by atoms with E-state index in [-0.39, 0.29) is 17.6 Å². The third kappa shape index (κ3) is 5.43. The molecule has 10 aromatic carbocycles. The second-order valence-corrected chi connectivity index (χ2v) is 15.6. The van der Waals surface area contributed by atoms with Crippen LogP contribution >= 0.6 is 0 Å². The molecular weight excluding hydrogens is 739 g/mol. The first kappa shape index (κ1) is 30.2. The van der Waals surface area contributed by atoms with E-state index in [1.165, 1.54) is 21.9 Å². The monoisotopic (exact) mass is 782 g/mol. The molecule has 0 amide bonds. The number of nitrogens with zero attached hydrogens (tertiary/aromatic N) is 1. The molecule has 0 bridgehead atoms. The number of hydrogen-bond acceptors (Lipinski definition) is 2. The van der Waals surface area contributed by atoms with Gasteiger partial charge < -0.3 is 9.32 Å². The number of hydrogen-bond donors (Lipinski definition) is 0. The van der Waals surface area contributed by atoms with Crippen molar-refractivity contribution in [3.05, 3.63) is 259 Å². The summed E-state index contributed by atoms with van der Waals surface area (Å²) in [6.45, 7) is 0. The number of anilines is 3. The van der Waals surface area contributed by atoms with Crippen LogP contribution in [0.1, 0.15) is 29.1 Å². The Morgan fingerprint density at radius 1 is 0.426 bits per heavy atom. The largest absolute Gasteiger partial charge is 0.455 e. The van der Waals surface area contributed by atoms with E-state index in [2.05, 4.69) is 175 Å². The van der Waals surface area contributed by atoms with Crippen LogP contribution in [0, 0.1) is 0 Å². The molecule has 61 heavy (non-hydrogen) atoms. The quantitative estimate of drug-likeness (QED) is 0.160. The highest BCUT2D eigenvalue weighted by Gasteiger charge is 2.46. The third-order valence-corrected chi connectivity index (χ3v) is 12.4. The van der Waals surface area contributed by atoms with Crippen molar-refractivity contribution in [1.29, 1.82) is 0 Å². The summed E-state index contributed by atoms with van der Waals surface area (Å²) in [5.74, 6) is 0. The Labute approximate surface area is 362 Å². The lowest BCUT2D eigenvalue weighted by Crippen LogP contribution is -2.28. The zero-order valence-corrected chi connectivity index (χ0v) is 33.0. The second kappa shape index (κ2) is 14.1. The van der Waals surface area contributed by atoms with Crippen molar-refractivity contribution < 1.29 is 11.3 Å². The molecule has 0 saturated heterocycles. The van der Waals surface area contributed by atoms with E-state index in [9.17, 15) is 0 Å². The average Bonchev–Trinajstić information content (AvgIpc) is 3.91. The molecule has 1 aromatic heterocycles. The van der Waals surface area contributed by atoms with Gasteiger partial charge in [0.25, 0.3) is 0 Å². The predicted octanol–water partition coefficient (Wildman–Crippen LogP) is 15.9. The lowest BCUT2D eigenvalue weighted by atomic mass is 9.67. The van der Waals surface area contributed by atoms with Crippen LogP contribution in [-0.4, -0.2) is 0 Å². The minimum atomic E-state index is -0.642. The molecule has 12 rings (SSSR count). The van der Waals surface area contributed by atoms with Crippen molar-refractivity contribution in [3.8, 4) is 33.4 Å². The summed E-state index contributed by atoms with van der Waals surface area (Å²) in [4.78, 5) is 2.27. The molecule has 0 radical (unpaired) electrons. The van der Waals surface area contributed by atoms with E-state index < -0.39 is 23.5 Å². The van der Waals surface area contributed by atoms with Gasteiger partial charge in [0, 0.05) is 22.3 Å². The van der Waals surface area contributed by atoms with Crippen LogP contribution in [0.5, 0.6) is 0 Å². The van der Waals surface area contributed by atoms with E-state index in [4.69, 9.17) is 11.3 Å². The van der Waals surface area contributed by atoms with Gasteiger partial charge in [-0.25, -0.2) is 0 Å². The molecule has 0 atom stereocenters. The van der Waals surface area contributed by atoms with Gasteiger partial charge in [0.1, 0.15) is 11.2 Å². The maximum Gasteiger partial charge on any atom is 0.145 e. The van der Waals surface area contributed by atoms with Gasteiger partial charge in [-0.2, -0.15) is 0 Å². The zero-order chi connectivity index (χ0) is 44.7. The minimum Gasteiger partial charge on any atom is -0.455 e. The van der Waals surface area contributed by atoms with Crippen molar-refractivity contribution in [2.45, 2.75) is 5.41 Å². The van der Waals surface area contributed by atoms with E-state index in [0.717, 1.165) is 61.2 Å². The van der Waals surface area contributed by atoms with Gasteiger partial charge >= 0.3 is 0 Å². The summed E-state index contributed by atoms with van der Waals surface area (Å²) < 4.78 is 50.3. The fourth-order valence-corrected chi connectivity index (χ4v) is 9.84. The van der Waals surface area contributed by atoms with Crippen LogP contribution in [0.3, 0.4) is 0 Å². The lowest BCUT2D eigenvalue weighted by Gasteiger charge is -2.35. The maximum atomic E-state index is 9.01. The molecule has 2 nitrogen and oxygen atoms in total. The SMILES string of the molecule is [2H]c1c([2H])c([2H])c(-c2ccc(N(c3ccc(-c4cccc5ccccc45)cc3)c3ccc4c(c3)C(c3ccccc3)(c3ccccc3)c3ccccc3-4)c3c2oc2ccccc23)c([2H])c1[2H]. The lowest BCUT2D eigenvalue weighted by molar-refractivity contribution is 0.670. The minimum absolute atomic E-state index is 0.0911. The van der Waals surface area contributed by atoms with E-state index in [1.54, 1.807) is 0 Å². The summed E-state index contributed by atoms with van der Waals surface area (Å²) in [5, 5.41) is 3.95. The van der Waals surface area contributed by atoms with Crippen molar-refractivity contribution in [3.63, 3.8) is 0 Å². The van der Waals surface area contributed by atoms with Crippen molar-refractivity contribution in [1.82, 2.24) is 0 Å². The molecule has 0 saturated carbocycles. The maximum absolute atomic E-state index is 9.01. The normalized spacial score (nSPS) is 13.9. The van der Waals surface area contributed by atoms with Crippen molar-refractivity contribution >= 4 is 49.8 Å². The molecular formula is C59H39NO. The van der Waals surface area contributed by atoms with Gasteiger partial charge in [0.05, 0.1) is 23.3 Å². The van der Waals surface area contributed by atoms with E-state index in [1.807, 2.05) is 36.4 Å². The zero-order valence-electron chi connectivity index (χ0n) is 38.0. The van der Waals surface area contributed by atoms with Crippen molar-refractivity contribution in [2.75, 3.05) is 4.90 Å². The van der Waals surface area contributed by atoms with Gasteiger partial charge in [-0.05, 0) is 103 Å². The van der Waals surface area contributed by atoms with Crippen molar-refractivity contribution in [2.24, 2.45) is 0 Å². The first-order valence-corrected chi connectivity index (χ1v) is 20.6. The summed E-state index contributed by atoms with van der Waals surface area (Å²) in [5.41, 5.74) is 12.8. The van der Waals surface area contributed by atoms with Crippen LogP contribution < -0.4 is 4.90 Å². The Morgan fingerprint density at radius 2 is 1.03 bits per heavy atom. The molecule has 1 heterocycles. The Kier molecular flexibility index (Phi) is 6.98. The van der Waals surface area contributed by atoms with Crippen LogP contribution in [0.15, 0.2) is 241 Å². The van der Waals surface area contributed by atoms with E-state index >= 15 is 0 Å². The fraction of sp³-hybridized carbons (Fsp3) is 0.0169. The fourth-order valence-electron chi connectivity index (χ4n) is 9.84. The summed E-state index contributed by atoms with van der Waals surface area (Å²) in [6, 6.07) is 70.4. The Balaban J connectivity index is 1.15. The number of para-hydroxylation sites is 1. The molecule has 0 fully saturated rings. The molecule has 286 valence electrons. The molecule has 1 aliphatic rings. The summed E-state index contributed by atoms with van der Waals surface area (Å²) >= 11 is 0. The second-order valence-electron chi connectivity index (χ2n) is 15.6. The average molecular weight is 783 g/mol. The molecule has 0 unspecified atom stereocenters. The highest BCUT2D eigenvalue weighted by atomic mass is 16.3. The molecule has 2 heteroatoms. The molecule has 11 aromatic rings. The molecule has 1 aliphatic carbocycles. The van der Waals surface area contributed by atoms with E-state index in [0.29, 0.717) is 16.7 Å². The first-order chi connectivity index (χ1) is 32.3. The summed E-state index contributed by atoms with van der Waals surface area (Å²) in [7, 11) is 0. The standard InChI is InChI=1S/C59H39NO/c1-4-17-41(18-5-1)49-37-38-55(57-52-27-13-15-30-56(52)61-58(49)57)60(45-33-31-42(32-34-45)48-28-16-20-40-19-10-11-25-47(40)48)46-35-36-51-50-26-12-14-29-53(50)59(54(51)39-46,43-21-6-2-7-22-43)44-23-8-3-9-24-44/h1-39H/i1D,4D,5D,17D,18D. The van der Waals surface area contributed by atoms with Gasteiger partial charge in [-0.3, -0.25) is 0 Å². The summed E-state index contributed by atoms with van der Waals surface area (Å²) in [6.07, 6.45) is 0. The van der Waals surface area contributed by atoms with Gasteiger partial charge in [0.2, 0.25) is 0 Å². The first-order valence-electron chi connectivity index (χ1n) is 23.1. The third-order valence-electron chi connectivity index (χ3n) is 12.4. The van der Waals surface area contributed by atoms with Crippen LogP contribution in [-0.2, 0) is 5.41 Å². The van der Waals surface area contributed by atoms with Crippen LogP contribution in [0.4, 0.5) is 17.1 Å². The van der Waals surface area contributed by atoms with Gasteiger partial charge in [-0.1, -0.05) is 194 Å². The molecule has 0 spiro atoms. The number of benzene rings is 10. The number of furan rings is 1. The van der Waals surface area contributed by atoms with Crippen LogP contribution in [0.25, 0.3) is 66.1 Å². The Hall–Kier alpha value is -7.94. The smallest absolute Gasteiger partial charge is 0.145 e. The van der Waals surface area contributed by atoms with Gasteiger partial charge in [-0.15, -0.1) is 0 Å². The number of fused-ring (bicyclic) bond motifs is 7. The molecule has 0 aliphatic heterocycles. The topological polar surface area (TPSA) is 16.4 Å². The number of rotatable bonds is 7. The van der Waals surface area contributed by atoms with Crippen LogP contribution in [0.2, 0.25) is 0 Å². The Bertz CT molecular complexity index is 3640. The Morgan fingerprint density at radius 3 is 1.82 bits per heavy atom. The highest BCUT2D eigenvalue weighted by Crippen LogP contribution is 2.57. The highest BCUT2D eigenvalue weighted by molar-refractivity contribution is 6.17. The van der Waals surface area contributed by atoms with Gasteiger partial charge in [0.15, 0.2) is 0 Å². The molecule has 0 N–H and O–H groups in total.